The Labute approximate surface area is 87.2 Å². The lowest BCUT2D eigenvalue weighted by Gasteiger charge is -2.43. The van der Waals surface area contributed by atoms with Crippen molar-refractivity contribution in [1.82, 2.24) is 5.16 Å². The predicted octanol–water partition coefficient (Wildman–Crippen LogP) is 0.886. The quantitative estimate of drug-likeness (QED) is 0.718. The van der Waals surface area contributed by atoms with Crippen molar-refractivity contribution in [3.63, 3.8) is 0 Å². The topological polar surface area (TPSA) is 89.4 Å². The highest BCUT2D eigenvalue weighted by atomic mass is 16.5. The average molecular weight is 210 g/mol. The molecule has 2 rings (SSSR count). The summed E-state index contributed by atoms with van der Waals surface area (Å²) in [6.45, 7) is 3.72. The lowest BCUT2D eigenvalue weighted by Crippen LogP contribution is -2.58. The van der Waals surface area contributed by atoms with Gasteiger partial charge in [0.1, 0.15) is 11.3 Å². The lowest BCUT2D eigenvalue weighted by molar-refractivity contribution is -0.149. The summed E-state index contributed by atoms with van der Waals surface area (Å²) in [7, 11) is 0. The second kappa shape index (κ2) is 2.82. The molecular weight excluding hydrogens is 196 g/mol. The predicted molar refractivity (Wildman–Crippen MR) is 52.1 cm³/mol. The van der Waals surface area contributed by atoms with Crippen LogP contribution in [0.15, 0.2) is 10.7 Å². The number of aromatic nitrogens is 1. The first-order valence-electron chi connectivity index (χ1n) is 4.86. The maximum atomic E-state index is 11.4. The van der Waals surface area contributed by atoms with E-state index in [4.69, 9.17) is 10.3 Å². The lowest BCUT2D eigenvalue weighted by atomic mass is 9.63. The summed E-state index contributed by atoms with van der Waals surface area (Å²) < 4.78 is 5.00. The number of aryl methyl sites for hydroxylation is 1. The van der Waals surface area contributed by atoms with Crippen LogP contribution >= 0.6 is 0 Å². The summed E-state index contributed by atoms with van der Waals surface area (Å²) in [6.07, 6.45) is 2.79. The van der Waals surface area contributed by atoms with Crippen LogP contribution in [0.4, 0.5) is 0 Å². The number of carbonyl (C=O) groups is 1. The number of fused-ring (bicyclic) bond motifs is 1. The molecule has 82 valence electrons. The Kier molecular flexibility index (Phi) is 1.91. The van der Waals surface area contributed by atoms with Crippen LogP contribution in [0.1, 0.15) is 31.6 Å². The largest absolute Gasteiger partial charge is 0.480 e. The Hall–Kier alpha value is -1.36. The summed E-state index contributed by atoms with van der Waals surface area (Å²) in [5.41, 5.74) is 4.64. The van der Waals surface area contributed by atoms with E-state index < -0.39 is 16.9 Å². The first-order valence-corrected chi connectivity index (χ1v) is 4.86. The van der Waals surface area contributed by atoms with Crippen molar-refractivity contribution in [2.24, 2.45) is 11.1 Å². The molecule has 0 radical (unpaired) electrons. The van der Waals surface area contributed by atoms with Gasteiger partial charge in [-0.25, -0.2) is 4.79 Å². The normalized spacial score (nSPS) is 28.5. The minimum Gasteiger partial charge on any atom is -0.480 e. The van der Waals surface area contributed by atoms with Gasteiger partial charge in [0.25, 0.3) is 0 Å². The summed E-state index contributed by atoms with van der Waals surface area (Å²) in [6, 6.07) is 0. The van der Waals surface area contributed by atoms with Crippen molar-refractivity contribution in [2.75, 3.05) is 0 Å². The zero-order chi connectivity index (χ0) is 11.3. The number of carboxylic acid groups (broad SMARTS) is 1. The smallest absolute Gasteiger partial charge is 0.329 e. The van der Waals surface area contributed by atoms with Crippen LogP contribution in [0.25, 0.3) is 0 Å². The molecule has 5 heteroatoms. The molecule has 0 bridgehead atoms. The molecule has 5 nitrogen and oxygen atoms in total. The highest BCUT2D eigenvalue weighted by molar-refractivity contribution is 5.82. The van der Waals surface area contributed by atoms with Gasteiger partial charge in [0.05, 0.1) is 6.20 Å². The van der Waals surface area contributed by atoms with Crippen molar-refractivity contribution < 1.29 is 14.4 Å². The molecule has 1 heterocycles. The number of rotatable bonds is 1. The van der Waals surface area contributed by atoms with Gasteiger partial charge >= 0.3 is 5.97 Å². The third kappa shape index (κ3) is 1.13. The second-order valence-corrected chi connectivity index (χ2v) is 4.66. The Morgan fingerprint density at radius 1 is 1.67 bits per heavy atom. The highest BCUT2D eigenvalue weighted by Crippen LogP contribution is 2.46. The molecule has 1 atom stereocenters. The molecule has 0 spiro atoms. The Morgan fingerprint density at radius 3 is 2.93 bits per heavy atom. The average Bonchev–Trinajstić information content (AvgIpc) is 2.60. The van der Waals surface area contributed by atoms with Crippen LogP contribution in [0.3, 0.4) is 0 Å². The van der Waals surface area contributed by atoms with Crippen LogP contribution in [0.2, 0.25) is 0 Å². The van der Waals surface area contributed by atoms with E-state index in [-0.39, 0.29) is 0 Å². The molecule has 15 heavy (non-hydrogen) atoms. The third-order valence-corrected chi connectivity index (χ3v) is 3.45. The number of hydrogen-bond acceptors (Lipinski definition) is 4. The number of aliphatic carboxylic acids is 1. The molecular formula is C10H14N2O3. The fourth-order valence-electron chi connectivity index (χ4n) is 2.16. The summed E-state index contributed by atoms with van der Waals surface area (Å²) >= 11 is 0. The van der Waals surface area contributed by atoms with Gasteiger partial charge < -0.3 is 15.4 Å². The zero-order valence-corrected chi connectivity index (χ0v) is 8.78. The van der Waals surface area contributed by atoms with E-state index in [0.717, 1.165) is 0 Å². The van der Waals surface area contributed by atoms with Gasteiger partial charge in [-0.2, -0.15) is 0 Å². The number of hydrogen-bond donors (Lipinski definition) is 2. The number of nitrogens with zero attached hydrogens (tertiary/aromatic N) is 1. The van der Waals surface area contributed by atoms with Crippen LogP contribution < -0.4 is 5.73 Å². The van der Waals surface area contributed by atoms with Gasteiger partial charge in [-0.3, -0.25) is 0 Å². The molecule has 1 aromatic rings. The van der Waals surface area contributed by atoms with Crippen molar-refractivity contribution in [3.05, 3.63) is 17.5 Å². The molecule has 1 unspecified atom stereocenters. The van der Waals surface area contributed by atoms with E-state index >= 15 is 0 Å². The SMILES string of the molecule is CC1(C)CCc2oncc2C1(N)C(=O)O. The van der Waals surface area contributed by atoms with Gasteiger partial charge in [-0.15, -0.1) is 0 Å². The standard InChI is InChI=1S/C10H14N2O3/c1-9(2)4-3-7-6(5-12-15-7)10(9,11)8(13)14/h5H,3-4,11H2,1-2H3,(H,13,14). The Balaban J connectivity index is 2.64. The van der Waals surface area contributed by atoms with Crippen molar-refractivity contribution >= 4 is 5.97 Å². The molecule has 0 aromatic carbocycles. The zero-order valence-electron chi connectivity index (χ0n) is 8.78. The molecule has 0 amide bonds. The van der Waals surface area contributed by atoms with Crippen LogP contribution in [0, 0.1) is 5.41 Å². The van der Waals surface area contributed by atoms with E-state index in [1.54, 1.807) is 0 Å². The number of nitrogens with two attached hydrogens (primary N) is 1. The van der Waals surface area contributed by atoms with E-state index in [9.17, 15) is 9.90 Å². The van der Waals surface area contributed by atoms with E-state index in [2.05, 4.69) is 5.16 Å². The van der Waals surface area contributed by atoms with Gasteiger partial charge in [-0.05, 0) is 11.8 Å². The number of carboxylic acids is 1. The molecule has 1 aliphatic carbocycles. The first-order chi connectivity index (χ1) is 6.89. The maximum absolute atomic E-state index is 11.4. The molecule has 0 aliphatic heterocycles. The second-order valence-electron chi connectivity index (χ2n) is 4.66. The van der Waals surface area contributed by atoms with Crippen molar-refractivity contribution in [1.29, 1.82) is 0 Å². The van der Waals surface area contributed by atoms with Gasteiger partial charge in [0.15, 0.2) is 0 Å². The molecule has 3 N–H and O–H groups in total. The minimum atomic E-state index is -1.40. The van der Waals surface area contributed by atoms with Gasteiger partial charge in [0.2, 0.25) is 0 Å². The first kappa shape index (κ1) is 10.2. The minimum absolute atomic E-state index is 0.503. The van der Waals surface area contributed by atoms with Crippen LogP contribution in [0.5, 0.6) is 0 Å². The van der Waals surface area contributed by atoms with E-state index in [0.29, 0.717) is 24.2 Å². The molecule has 0 saturated carbocycles. The Morgan fingerprint density at radius 2 is 2.33 bits per heavy atom. The Bertz CT molecular complexity index is 411. The molecule has 1 aromatic heterocycles. The van der Waals surface area contributed by atoms with Crippen molar-refractivity contribution in [2.45, 2.75) is 32.2 Å². The van der Waals surface area contributed by atoms with Crippen molar-refractivity contribution in [3.8, 4) is 0 Å². The molecule has 0 saturated heterocycles. The molecule has 0 fully saturated rings. The monoisotopic (exact) mass is 210 g/mol. The third-order valence-electron chi connectivity index (χ3n) is 3.45. The van der Waals surface area contributed by atoms with Gasteiger partial charge in [0, 0.05) is 12.0 Å². The maximum Gasteiger partial charge on any atom is 0.329 e. The fourth-order valence-corrected chi connectivity index (χ4v) is 2.16. The summed E-state index contributed by atoms with van der Waals surface area (Å²) in [5, 5.41) is 12.9. The van der Waals surface area contributed by atoms with Crippen LogP contribution in [-0.4, -0.2) is 16.2 Å². The summed E-state index contributed by atoms with van der Waals surface area (Å²) in [5.74, 6) is -0.434. The molecule has 1 aliphatic rings. The summed E-state index contributed by atoms with van der Waals surface area (Å²) in [4.78, 5) is 11.4. The van der Waals surface area contributed by atoms with Crippen LogP contribution in [-0.2, 0) is 16.8 Å². The van der Waals surface area contributed by atoms with E-state index in [1.165, 1.54) is 6.20 Å². The highest BCUT2D eigenvalue weighted by Gasteiger charge is 2.54. The van der Waals surface area contributed by atoms with E-state index in [1.807, 2.05) is 13.8 Å². The van der Waals surface area contributed by atoms with Gasteiger partial charge in [-0.1, -0.05) is 19.0 Å². The fraction of sp³-hybridized carbons (Fsp3) is 0.600.